The number of carbonyl (C=O) groups excluding carboxylic acids is 1. The van der Waals surface area contributed by atoms with E-state index in [2.05, 4.69) is 30.3 Å². The highest BCUT2D eigenvalue weighted by molar-refractivity contribution is 5.90. The Morgan fingerprint density at radius 2 is 2.14 bits per heavy atom. The van der Waals surface area contributed by atoms with E-state index in [-0.39, 0.29) is 23.3 Å². The molecule has 1 saturated heterocycles. The minimum absolute atomic E-state index is 0.0196. The van der Waals surface area contributed by atoms with E-state index in [9.17, 15) is 9.18 Å². The number of hydrogen-bond acceptors (Lipinski definition) is 6. The number of aromatic amines is 1. The van der Waals surface area contributed by atoms with E-state index in [1.165, 1.54) is 6.07 Å². The summed E-state index contributed by atoms with van der Waals surface area (Å²) >= 11 is 0. The third kappa shape index (κ3) is 3.89. The summed E-state index contributed by atoms with van der Waals surface area (Å²) < 4.78 is 19.8. The molecule has 28 heavy (non-hydrogen) atoms. The number of fused-ring (bicyclic) bond motifs is 1. The fourth-order valence-corrected chi connectivity index (χ4v) is 3.69. The largest absolute Gasteiger partial charge is 0.354 e. The van der Waals surface area contributed by atoms with Gasteiger partial charge in [0.15, 0.2) is 0 Å². The van der Waals surface area contributed by atoms with Crippen LogP contribution in [0.25, 0.3) is 22.4 Å². The van der Waals surface area contributed by atoms with Gasteiger partial charge in [0.05, 0.1) is 11.1 Å². The third-order valence-corrected chi connectivity index (χ3v) is 5.05. The number of likely N-dealkylation sites (tertiary alicyclic amines) is 1. The highest BCUT2D eigenvalue weighted by Crippen LogP contribution is 2.28. The van der Waals surface area contributed by atoms with Crippen molar-refractivity contribution in [3.8, 4) is 11.4 Å². The Labute approximate surface area is 161 Å². The number of nitrogens with zero attached hydrogens (tertiary/aromatic N) is 4. The molecule has 8 nitrogen and oxygen atoms in total. The molecule has 3 heterocycles. The van der Waals surface area contributed by atoms with E-state index in [1.807, 2.05) is 6.92 Å². The van der Waals surface area contributed by atoms with Gasteiger partial charge < -0.3 is 19.7 Å². The molecular weight excluding hydrogens is 363 g/mol. The predicted octanol–water partition coefficient (Wildman–Crippen LogP) is 2.20. The molecule has 1 aliphatic heterocycles. The van der Waals surface area contributed by atoms with Gasteiger partial charge in [-0.05, 0) is 31.9 Å². The van der Waals surface area contributed by atoms with Crippen LogP contribution in [0.3, 0.4) is 0 Å². The molecule has 0 bridgehead atoms. The van der Waals surface area contributed by atoms with Crippen LogP contribution in [-0.2, 0) is 11.2 Å². The lowest BCUT2D eigenvalue weighted by molar-refractivity contribution is -0.119. The van der Waals surface area contributed by atoms with Gasteiger partial charge in [-0.1, -0.05) is 5.16 Å². The van der Waals surface area contributed by atoms with Gasteiger partial charge in [0.2, 0.25) is 17.6 Å². The quantitative estimate of drug-likeness (QED) is 0.697. The molecule has 0 spiro atoms. The first-order valence-electron chi connectivity index (χ1n) is 9.47. The number of hydrogen-bond donors (Lipinski definition) is 2. The summed E-state index contributed by atoms with van der Waals surface area (Å²) in [6.45, 7) is 5.97. The molecule has 1 amide bonds. The second-order valence-electron chi connectivity index (χ2n) is 7.22. The Hall–Kier alpha value is -2.81. The summed E-state index contributed by atoms with van der Waals surface area (Å²) in [5, 5.41) is 6.94. The van der Waals surface area contributed by atoms with Crippen LogP contribution in [0, 0.1) is 12.7 Å². The van der Waals surface area contributed by atoms with Crippen LogP contribution in [0.1, 0.15) is 31.5 Å². The molecular formula is C19H23FN6O2. The fourth-order valence-electron chi connectivity index (χ4n) is 3.69. The molecule has 0 unspecified atom stereocenters. The predicted molar refractivity (Wildman–Crippen MR) is 101 cm³/mol. The zero-order chi connectivity index (χ0) is 19.7. The van der Waals surface area contributed by atoms with E-state index >= 15 is 0 Å². The van der Waals surface area contributed by atoms with E-state index in [1.54, 1.807) is 13.0 Å². The number of aryl methyl sites for hydroxylation is 1. The summed E-state index contributed by atoms with van der Waals surface area (Å²) in [7, 11) is 0. The van der Waals surface area contributed by atoms with Crippen molar-refractivity contribution in [3.05, 3.63) is 29.7 Å². The van der Waals surface area contributed by atoms with Crippen molar-refractivity contribution in [1.82, 2.24) is 30.3 Å². The molecule has 148 valence electrons. The molecule has 0 saturated carbocycles. The minimum Gasteiger partial charge on any atom is -0.354 e. The monoisotopic (exact) mass is 386 g/mol. The molecule has 2 N–H and O–H groups in total. The molecule has 1 aromatic carbocycles. The number of rotatable bonds is 5. The first kappa shape index (κ1) is 18.5. The van der Waals surface area contributed by atoms with Crippen molar-refractivity contribution in [1.29, 1.82) is 0 Å². The number of amides is 1. The molecule has 1 fully saturated rings. The first-order chi connectivity index (χ1) is 13.5. The van der Waals surface area contributed by atoms with E-state index in [0.717, 1.165) is 38.0 Å². The second kappa shape index (κ2) is 7.67. The summed E-state index contributed by atoms with van der Waals surface area (Å²) in [4.78, 5) is 25.3. The van der Waals surface area contributed by atoms with Crippen LogP contribution in [0.2, 0.25) is 0 Å². The SMILES string of the molecule is CC(=O)NC1CCN(CCc2nc(-c3c(F)ccc4[nH]c(C)nc34)no2)CC1. The molecule has 3 aromatic rings. The number of imidazole rings is 1. The number of aromatic nitrogens is 4. The molecule has 1 aliphatic rings. The maximum Gasteiger partial charge on any atom is 0.228 e. The minimum atomic E-state index is -0.425. The Morgan fingerprint density at radius 3 is 2.89 bits per heavy atom. The number of benzene rings is 1. The van der Waals surface area contributed by atoms with Crippen molar-refractivity contribution in [3.63, 3.8) is 0 Å². The van der Waals surface area contributed by atoms with Gasteiger partial charge in [0.1, 0.15) is 17.2 Å². The van der Waals surface area contributed by atoms with E-state index in [0.29, 0.717) is 23.7 Å². The summed E-state index contributed by atoms with van der Waals surface area (Å²) in [6, 6.07) is 3.29. The lowest BCUT2D eigenvalue weighted by atomic mass is 10.0. The van der Waals surface area contributed by atoms with Crippen LogP contribution in [0.5, 0.6) is 0 Å². The number of nitrogens with one attached hydrogen (secondary N) is 2. The van der Waals surface area contributed by atoms with Crippen LogP contribution < -0.4 is 5.32 Å². The molecule has 0 aliphatic carbocycles. The summed E-state index contributed by atoms with van der Waals surface area (Å²) in [5.74, 6) is 0.988. The second-order valence-corrected chi connectivity index (χ2v) is 7.22. The zero-order valence-electron chi connectivity index (χ0n) is 16.0. The van der Waals surface area contributed by atoms with Gasteiger partial charge in [-0.25, -0.2) is 9.37 Å². The van der Waals surface area contributed by atoms with Gasteiger partial charge in [-0.2, -0.15) is 4.98 Å². The van der Waals surface area contributed by atoms with Crippen LogP contribution in [0.15, 0.2) is 16.7 Å². The zero-order valence-corrected chi connectivity index (χ0v) is 16.0. The maximum atomic E-state index is 14.4. The van der Waals surface area contributed by atoms with Crippen molar-refractivity contribution in [2.24, 2.45) is 0 Å². The topological polar surface area (TPSA) is 99.9 Å². The van der Waals surface area contributed by atoms with Gasteiger partial charge in [-0.3, -0.25) is 4.79 Å². The van der Waals surface area contributed by atoms with Crippen molar-refractivity contribution < 1.29 is 13.7 Å². The van der Waals surface area contributed by atoms with Crippen LogP contribution in [-0.4, -0.2) is 56.6 Å². The van der Waals surface area contributed by atoms with Crippen molar-refractivity contribution >= 4 is 16.9 Å². The standard InChI is InChI=1S/C19H23FN6O2/c1-11-21-15-4-3-14(20)17(18(15)22-11)19-24-16(28-25-19)7-10-26-8-5-13(6-9-26)23-12(2)27/h3-4,13H,5-10H2,1-2H3,(H,21,22)(H,23,27). The number of carbonyl (C=O) groups is 1. The van der Waals surface area contributed by atoms with Gasteiger partial charge in [0, 0.05) is 39.0 Å². The Morgan fingerprint density at radius 1 is 1.36 bits per heavy atom. The lowest BCUT2D eigenvalue weighted by Gasteiger charge is -2.31. The van der Waals surface area contributed by atoms with Gasteiger partial charge in [0.25, 0.3) is 0 Å². The van der Waals surface area contributed by atoms with Crippen molar-refractivity contribution in [2.75, 3.05) is 19.6 Å². The normalized spacial score (nSPS) is 16.0. The van der Waals surface area contributed by atoms with E-state index in [4.69, 9.17) is 4.52 Å². The molecule has 2 aromatic heterocycles. The highest BCUT2D eigenvalue weighted by atomic mass is 19.1. The summed E-state index contributed by atoms with van der Waals surface area (Å²) in [5.41, 5.74) is 1.50. The molecule has 0 radical (unpaired) electrons. The number of H-pyrrole nitrogens is 1. The third-order valence-electron chi connectivity index (χ3n) is 5.05. The van der Waals surface area contributed by atoms with Crippen LogP contribution in [0.4, 0.5) is 4.39 Å². The van der Waals surface area contributed by atoms with Crippen molar-refractivity contribution in [2.45, 2.75) is 39.2 Å². The Balaban J connectivity index is 1.41. The average Bonchev–Trinajstić information content (AvgIpc) is 3.26. The fraction of sp³-hybridized carbons (Fsp3) is 0.474. The Kier molecular flexibility index (Phi) is 5.08. The number of halogens is 1. The maximum absolute atomic E-state index is 14.4. The van der Waals surface area contributed by atoms with Gasteiger partial charge in [-0.15, -0.1) is 0 Å². The number of piperidine rings is 1. The smallest absolute Gasteiger partial charge is 0.228 e. The summed E-state index contributed by atoms with van der Waals surface area (Å²) in [6.07, 6.45) is 2.45. The Bertz CT molecular complexity index is 990. The molecule has 9 heteroatoms. The molecule has 4 rings (SSSR count). The highest BCUT2D eigenvalue weighted by Gasteiger charge is 2.21. The van der Waals surface area contributed by atoms with Gasteiger partial charge >= 0.3 is 0 Å². The molecule has 0 atom stereocenters. The average molecular weight is 386 g/mol. The van der Waals surface area contributed by atoms with E-state index < -0.39 is 5.82 Å². The lowest BCUT2D eigenvalue weighted by Crippen LogP contribution is -2.44. The first-order valence-corrected chi connectivity index (χ1v) is 9.47. The van der Waals surface area contributed by atoms with Crippen LogP contribution >= 0.6 is 0 Å².